The fourth-order valence-corrected chi connectivity index (χ4v) is 3.12. The molecular formula is C19H18ClF3N2O3. The van der Waals surface area contributed by atoms with Crippen molar-refractivity contribution in [3.63, 3.8) is 0 Å². The fraction of sp³-hybridized carbons (Fsp3) is 0.316. The van der Waals surface area contributed by atoms with Gasteiger partial charge in [-0.15, -0.1) is 0 Å². The molecule has 9 heteroatoms. The zero-order valence-corrected chi connectivity index (χ0v) is 15.5. The van der Waals surface area contributed by atoms with Crippen molar-refractivity contribution in [2.75, 3.05) is 43.1 Å². The van der Waals surface area contributed by atoms with E-state index in [9.17, 15) is 18.0 Å². The van der Waals surface area contributed by atoms with Crippen LogP contribution in [0.4, 0.5) is 24.5 Å². The Hall–Kier alpha value is -2.45. The first kappa shape index (κ1) is 20.3. The Bertz CT molecular complexity index is 839. The van der Waals surface area contributed by atoms with Crippen molar-refractivity contribution in [2.45, 2.75) is 6.18 Å². The summed E-state index contributed by atoms with van der Waals surface area (Å²) in [5, 5.41) is 3.20. The first-order valence-electron chi connectivity index (χ1n) is 8.56. The zero-order chi connectivity index (χ0) is 20.1. The maximum atomic E-state index is 12.8. The van der Waals surface area contributed by atoms with E-state index in [4.69, 9.17) is 21.1 Å². The molecule has 2 aromatic rings. The molecule has 1 amide bonds. The third kappa shape index (κ3) is 5.08. The van der Waals surface area contributed by atoms with E-state index in [1.807, 2.05) is 4.90 Å². The number of nitrogens with one attached hydrogen (secondary N) is 1. The summed E-state index contributed by atoms with van der Waals surface area (Å²) in [5.74, 6) is -0.543. The number of hydrogen-bond acceptors (Lipinski definition) is 4. The maximum absolute atomic E-state index is 12.8. The lowest BCUT2D eigenvalue weighted by Crippen LogP contribution is -2.37. The minimum Gasteiger partial charge on any atom is -0.484 e. The quantitative estimate of drug-likeness (QED) is 0.796. The van der Waals surface area contributed by atoms with Crippen molar-refractivity contribution in [1.82, 2.24) is 0 Å². The molecule has 1 saturated heterocycles. The molecule has 2 aromatic carbocycles. The molecule has 0 atom stereocenters. The molecule has 0 unspecified atom stereocenters. The van der Waals surface area contributed by atoms with Crippen LogP contribution in [0.25, 0.3) is 0 Å². The molecule has 0 aromatic heterocycles. The lowest BCUT2D eigenvalue weighted by molar-refractivity contribution is -0.137. The van der Waals surface area contributed by atoms with E-state index in [1.54, 1.807) is 18.2 Å². The van der Waals surface area contributed by atoms with Gasteiger partial charge in [-0.25, -0.2) is 0 Å². The highest BCUT2D eigenvalue weighted by molar-refractivity contribution is 6.34. The lowest BCUT2D eigenvalue weighted by Gasteiger charge is -2.31. The number of para-hydroxylation sites is 1. The van der Waals surface area contributed by atoms with Gasteiger partial charge in [-0.1, -0.05) is 23.7 Å². The topological polar surface area (TPSA) is 50.8 Å². The Kier molecular flexibility index (Phi) is 6.31. The summed E-state index contributed by atoms with van der Waals surface area (Å²) >= 11 is 6.31. The van der Waals surface area contributed by atoms with E-state index in [0.717, 1.165) is 12.1 Å². The summed E-state index contributed by atoms with van der Waals surface area (Å²) in [4.78, 5) is 14.3. The van der Waals surface area contributed by atoms with Crippen LogP contribution in [0.1, 0.15) is 5.56 Å². The van der Waals surface area contributed by atoms with Crippen LogP contribution in [0.2, 0.25) is 5.02 Å². The first-order chi connectivity index (χ1) is 13.3. The Morgan fingerprint density at radius 2 is 1.89 bits per heavy atom. The molecule has 0 saturated carbocycles. The van der Waals surface area contributed by atoms with Crippen molar-refractivity contribution in [3.05, 3.63) is 53.1 Å². The van der Waals surface area contributed by atoms with E-state index in [1.165, 1.54) is 12.1 Å². The monoisotopic (exact) mass is 414 g/mol. The number of anilines is 2. The van der Waals surface area contributed by atoms with E-state index in [0.29, 0.717) is 42.7 Å². The van der Waals surface area contributed by atoms with E-state index in [2.05, 4.69) is 5.32 Å². The summed E-state index contributed by atoms with van der Waals surface area (Å²) < 4.78 is 48.8. The maximum Gasteiger partial charge on any atom is 0.416 e. The van der Waals surface area contributed by atoms with Gasteiger partial charge in [-0.2, -0.15) is 13.2 Å². The number of alkyl halides is 3. The van der Waals surface area contributed by atoms with Crippen LogP contribution in [0.15, 0.2) is 42.5 Å². The first-order valence-corrected chi connectivity index (χ1v) is 8.93. The second kappa shape index (κ2) is 8.70. The highest BCUT2D eigenvalue weighted by Crippen LogP contribution is 2.34. The molecule has 0 spiro atoms. The average Bonchev–Trinajstić information content (AvgIpc) is 2.67. The van der Waals surface area contributed by atoms with Gasteiger partial charge in [0, 0.05) is 13.1 Å². The van der Waals surface area contributed by atoms with Crippen LogP contribution in [0.3, 0.4) is 0 Å². The molecule has 28 heavy (non-hydrogen) atoms. The van der Waals surface area contributed by atoms with Crippen LogP contribution < -0.4 is 15.0 Å². The Labute approximate surface area is 165 Å². The summed E-state index contributed by atoms with van der Waals surface area (Å²) in [7, 11) is 0. The van der Waals surface area contributed by atoms with E-state index < -0.39 is 24.3 Å². The molecule has 0 aliphatic carbocycles. The number of morpholine rings is 1. The Morgan fingerprint density at radius 1 is 1.18 bits per heavy atom. The summed E-state index contributed by atoms with van der Waals surface area (Å²) in [6, 6.07) is 9.51. The number of hydrogen-bond donors (Lipinski definition) is 1. The minimum atomic E-state index is -4.48. The molecule has 0 bridgehead atoms. The highest BCUT2D eigenvalue weighted by atomic mass is 35.5. The molecule has 150 valence electrons. The van der Waals surface area contributed by atoms with Gasteiger partial charge in [0.15, 0.2) is 6.61 Å². The average molecular weight is 415 g/mol. The normalized spacial score (nSPS) is 14.6. The van der Waals surface area contributed by atoms with Gasteiger partial charge < -0.3 is 19.7 Å². The predicted molar refractivity (Wildman–Crippen MR) is 100 cm³/mol. The van der Waals surface area contributed by atoms with Crippen LogP contribution in [-0.2, 0) is 15.7 Å². The van der Waals surface area contributed by atoms with Gasteiger partial charge in [0.05, 0.1) is 35.2 Å². The predicted octanol–water partition coefficient (Wildman–Crippen LogP) is 4.21. The summed E-state index contributed by atoms with van der Waals surface area (Å²) in [5.41, 5.74) is 0.349. The molecule has 5 nitrogen and oxygen atoms in total. The molecule has 1 aliphatic rings. The fourth-order valence-electron chi connectivity index (χ4n) is 2.82. The van der Waals surface area contributed by atoms with Gasteiger partial charge in [0.2, 0.25) is 0 Å². The highest BCUT2D eigenvalue weighted by Gasteiger charge is 2.30. The van der Waals surface area contributed by atoms with Crippen LogP contribution in [0, 0.1) is 0 Å². The van der Waals surface area contributed by atoms with Gasteiger partial charge >= 0.3 is 6.18 Å². The van der Waals surface area contributed by atoms with Gasteiger partial charge in [-0.05, 0) is 30.3 Å². The molecule has 1 aliphatic heterocycles. The third-order valence-electron chi connectivity index (χ3n) is 4.12. The molecule has 0 radical (unpaired) electrons. The molecule has 1 N–H and O–H groups in total. The zero-order valence-electron chi connectivity index (χ0n) is 14.8. The molecule has 1 heterocycles. The van der Waals surface area contributed by atoms with E-state index in [-0.39, 0.29) is 5.75 Å². The molecule has 1 fully saturated rings. The van der Waals surface area contributed by atoms with Crippen LogP contribution in [0.5, 0.6) is 5.75 Å². The number of halogens is 4. The van der Waals surface area contributed by atoms with Gasteiger partial charge in [0.1, 0.15) is 5.75 Å². The van der Waals surface area contributed by atoms with Gasteiger partial charge in [-0.3, -0.25) is 4.79 Å². The number of rotatable bonds is 5. The van der Waals surface area contributed by atoms with Crippen LogP contribution >= 0.6 is 11.6 Å². The van der Waals surface area contributed by atoms with Crippen molar-refractivity contribution in [1.29, 1.82) is 0 Å². The summed E-state index contributed by atoms with van der Waals surface area (Å²) in [6.07, 6.45) is -4.48. The second-order valence-electron chi connectivity index (χ2n) is 6.10. The van der Waals surface area contributed by atoms with Crippen LogP contribution in [-0.4, -0.2) is 38.8 Å². The van der Waals surface area contributed by atoms with Crippen molar-refractivity contribution in [3.8, 4) is 5.75 Å². The second-order valence-corrected chi connectivity index (χ2v) is 6.51. The Morgan fingerprint density at radius 3 is 2.61 bits per heavy atom. The minimum absolute atomic E-state index is 0.0375. The third-order valence-corrected chi connectivity index (χ3v) is 4.42. The van der Waals surface area contributed by atoms with Crippen molar-refractivity contribution in [2.24, 2.45) is 0 Å². The number of amides is 1. The number of carbonyl (C=O) groups excluding carboxylic acids is 1. The van der Waals surface area contributed by atoms with Crippen molar-refractivity contribution < 1.29 is 27.4 Å². The lowest BCUT2D eigenvalue weighted by atomic mass is 10.2. The van der Waals surface area contributed by atoms with E-state index >= 15 is 0 Å². The van der Waals surface area contributed by atoms with Gasteiger partial charge in [0.25, 0.3) is 5.91 Å². The number of carbonyl (C=O) groups is 1. The number of benzene rings is 2. The molecule has 3 rings (SSSR count). The standard InChI is InChI=1S/C19H18ClF3N2O3/c20-15-5-2-6-16(18(15)25-7-9-27-10-8-25)24-17(26)12-28-14-4-1-3-13(11-14)19(21,22)23/h1-6,11H,7-10,12H2,(H,24,26). The number of ether oxygens (including phenoxy) is 2. The smallest absolute Gasteiger partial charge is 0.416 e. The number of nitrogens with zero attached hydrogens (tertiary/aromatic N) is 1. The van der Waals surface area contributed by atoms with Crippen molar-refractivity contribution >= 4 is 28.9 Å². The molecular weight excluding hydrogens is 397 g/mol. The summed E-state index contributed by atoms with van der Waals surface area (Å²) in [6.45, 7) is 1.94. The Balaban J connectivity index is 1.66. The SMILES string of the molecule is O=C(COc1cccc(C(F)(F)F)c1)Nc1cccc(Cl)c1N1CCOCC1. The largest absolute Gasteiger partial charge is 0.484 e.